The minimum absolute atomic E-state index is 0.0749. The van der Waals surface area contributed by atoms with E-state index in [1.807, 2.05) is 0 Å². The van der Waals surface area contributed by atoms with Crippen molar-refractivity contribution in [2.24, 2.45) is 0 Å². The molecule has 1 amide bonds. The third-order valence-corrected chi connectivity index (χ3v) is 3.77. The van der Waals surface area contributed by atoms with Crippen LogP contribution in [0, 0.1) is 20.2 Å². The van der Waals surface area contributed by atoms with Crippen molar-refractivity contribution in [3.05, 3.63) is 62.5 Å². The van der Waals surface area contributed by atoms with Crippen molar-refractivity contribution in [2.75, 3.05) is 6.61 Å². The molecule has 0 aliphatic rings. The van der Waals surface area contributed by atoms with E-state index in [0.29, 0.717) is 5.56 Å². The molecule has 0 aliphatic carbocycles. The molecule has 2 atom stereocenters. The number of nitro groups is 2. The quantitative estimate of drug-likeness (QED) is 0.412. The smallest absolute Gasteiger partial charge is 0.306 e. The number of benzene rings is 1. The number of non-ortho nitro benzene ring substituents is 1. The van der Waals surface area contributed by atoms with Gasteiger partial charge in [0.15, 0.2) is 0 Å². The highest BCUT2D eigenvalue weighted by Gasteiger charge is 2.23. The van der Waals surface area contributed by atoms with Crippen molar-refractivity contribution in [3.8, 4) is 0 Å². The zero-order valence-corrected chi connectivity index (χ0v) is 14.0. The van der Waals surface area contributed by atoms with Crippen LogP contribution in [0.2, 0.25) is 0 Å². The first-order valence-corrected chi connectivity index (χ1v) is 7.81. The molecule has 0 aliphatic heterocycles. The fraction of sp³-hybridized carbons (Fsp3) is 0.333. The van der Waals surface area contributed by atoms with E-state index in [9.17, 15) is 35.2 Å². The van der Waals surface area contributed by atoms with Gasteiger partial charge >= 0.3 is 5.69 Å². The van der Waals surface area contributed by atoms with Crippen LogP contribution in [0.5, 0.6) is 0 Å². The van der Waals surface area contributed by atoms with Gasteiger partial charge in [0.25, 0.3) is 5.69 Å². The van der Waals surface area contributed by atoms with E-state index in [1.165, 1.54) is 35.1 Å². The molecule has 0 saturated carbocycles. The first kappa shape index (κ1) is 19.9. The Morgan fingerprint density at radius 2 is 1.81 bits per heavy atom. The van der Waals surface area contributed by atoms with E-state index in [1.54, 1.807) is 0 Å². The molecule has 3 N–H and O–H groups in total. The zero-order chi connectivity index (χ0) is 20.0. The molecule has 1 aromatic heterocycles. The minimum atomic E-state index is -1.27. The Morgan fingerprint density at radius 3 is 2.33 bits per heavy atom. The number of aryl methyl sites for hydroxylation is 1. The summed E-state index contributed by atoms with van der Waals surface area (Å²) in [6.45, 7) is -0.484. The van der Waals surface area contributed by atoms with Crippen LogP contribution >= 0.6 is 0 Å². The van der Waals surface area contributed by atoms with E-state index >= 15 is 0 Å². The van der Waals surface area contributed by atoms with Crippen molar-refractivity contribution >= 4 is 17.3 Å². The maximum Gasteiger partial charge on any atom is 0.306 e. The number of aliphatic hydroxyl groups is 2. The van der Waals surface area contributed by atoms with Gasteiger partial charge in [-0.1, -0.05) is 0 Å². The van der Waals surface area contributed by atoms with Gasteiger partial charge in [0.1, 0.15) is 18.5 Å². The molecule has 0 radical (unpaired) electrons. The van der Waals surface area contributed by atoms with Gasteiger partial charge in [0, 0.05) is 25.1 Å². The normalized spacial score (nSPS) is 13.0. The van der Waals surface area contributed by atoms with E-state index in [4.69, 9.17) is 0 Å². The number of nitro benzene ring substituents is 1. The maximum atomic E-state index is 12.0. The van der Waals surface area contributed by atoms with Crippen LogP contribution in [0.25, 0.3) is 0 Å². The number of aliphatic hydroxyl groups excluding tert-OH is 2. The third-order valence-electron chi connectivity index (χ3n) is 3.77. The van der Waals surface area contributed by atoms with E-state index in [-0.39, 0.29) is 24.3 Å². The first-order valence-electron chi connectivity index (χ1n) is 7.81. The lowest BCUT2D eigenvalue weighted by atomic mass is 10.0. The molecule has 1 heterocycles. The maximum absolute atomic E-state index is 12.0. The standard InChI is InChI=1S/C15H17N5O7/c21-9-13(15(23)10-1-3-11(4-2-10)19(24)25)17-14(22)5-6-18-8-12(7-16-18)20(26)27/h1-4,7-8,13,15,21,23H,5-6,9H2,(H,17,22). The number of nitrogens with one attached hydrogen (secondary N) is 1. The van der Waals surface area contributed by atoms with Gasteiger partial charge in [-0.3, -0.25) is 29.7 Å². The summed E-state index contributed by atoms with van der Waals surface area (Å²) in [7, 11) is 0. The highest BCUT2D eigenvalue weighted by Crippen LogP contribution is 2.20. The van der Waals surface area contributed by atoms with Crippen molar-refractivity contribution in [1.82, 2.24) is 15.1 Å². The molecular formula is C15H17N5O7. The Hall–Kier alpha value is -3.38. The summed E-state index contributed by atoms with van der Waals surface area (Å²) in [4.78, 5) is 32.1. The largest absolute Gasteiger partial charge is 0.394 e. The molecule has 0 spiro atoms. The van der Waals surface area contributed by atoms with Gasteiger partial charge in [-0.25, -0.2) is 0 Å². The Kier molecular flexibility index (Phi) is 6.51. The fourth-order valence-electron chi connectivity index (χ4n) is 2.31. The Balaban J connectivity index is 1.92. The fourth-order valence-corrected chi connectivity index (χ4v) is 2.31. The highest BCUT2D eigenvalue weighted by atomic mass is 16.6. The Bertz CT molecular complexity index is 820. The summed E-state index contributed by atoms with van der Waals surface area (Å²) < 4.78 is 1.23. The van der Waals surface area contributed by atoms with E-state index in [0.717, 1.165) is 6.20 Å². The van der Waals surface area contributed by atoms with Crippen LogP contribution in [-0.4, -0.2) is 48.4 Å². The summed E-state index contributed by atoms with van der Waals surface area (Å²) in [6.07, 6.45) is 0.892. The Morgan fingerprint density at radius 1 is 1.19 bits per heavy atom. The second-order valence-electron chi connectivity index (χ2n) is 5.62. The van der Waals surface area contributed by atoms with Crippen LogP contribution in [0.4, 0.5) is 11.4 Å². The van der Waals surface area contributed by atoms with E-state index < -0.39 is 34.5 Å². The lowest BCUT2D eigenvalue weighted by Gasteiger charge is -2.22. The lowest BCUT2D eigenvalue weighted by molar-refractivity contribution is -0.385. The zero-order valence-electron chi connectivity index (χ0n) is 14.0. The predicted octanol–water partition coefficient (Wildman–Crippen LogP) is 0.300. The summed E-state index contributed by atoms with van der Waals surface area (Å²) in [6, 6.07) is 4.06. The molecule has 2 aromatic rings. The van der Waals surface area contributed by atoms with Crippen LogP contribution < -0.4 is 5.32 Å². The molecular weight excluding hydrogens is 362 g/mol. The molecule has 2 rings (SSSR count). The van der Waals surface area contributed by atoms with E-state index in [2.05, 4.69) is 10.4 Å². The molecule has 1 aromatic carbocycles. The summed E-state index contributed by atoms with van der Waals surface area (Å²) >= 11 is 0. The SMILES string of the molecule is O=C(CCn1cc([N+](=O)[O-])cn1)NC(CO)C(O)c1ccc([N+](=O)[O-])cc1. The summed E-state index contributed by atoms with van der Waals surface area (Å²) in [5, 5.41) is 47.1. The number of aromatic nitrogens is 2. The average molecular weight is 379 g/mol. The second-order valence-corrected chi connectivity index (χ2v) is 5.62. The second kappa shape index (κ2) is 8.82. The molecule has 12 heteroatoms. The number of carbonyl (C=O) groups excluding carboxylic acids is 1. The number of nitrogens with zero attached hydrogens (tertiary/aromatic N) is 4. The number of amides is 1. The van der Waals surface area contributed by atoms with Gasteiger partial charge in [-0.05, 0) is 17.7 Å². The molecule has 27 heavy (non-hydrogen) atoms. The summed E-state index contributed by atoms with van der Waals surface area (Å²) in [5.74, 6) is -0.506. The predicted molar refractivity (Wildman–Crippen MR) is 90.6 cm³/mol. The topological polar surface area (TPSA) is 174 Å². The van der Waals surface area contributed by atoms with Crippen LogP contribution in [0.1, 0.15) is 18.1 Å². The van der Waals surface area contributed by atoms with Gasteiger partial charge in [0.2, 0.25) is 5.91 Å². The number of hydrogen-bond donors (Lipinski definition) is 3. The molecule has 0 fully saturated rings. The molecule has 0 saturated heterocycles. The highest BCUT2D eigenvalue weighted by molar-refractivity contribution is 5.76. The summed E-state index contributed by atoms with van der Waals surface area (Å²) in [5.41, 5.74) is -0.0521. The van der Waals surface area contributed by atoms with Crippen molar-refractivity contribution < 1.29 is 24.9 Å². The lowest BCUT2D eigenvalue weighted by Crippen LogP contribution is -2.42. The Labute approximate surface area is 152 Å². The van der Waals surface area contributed by atoms with Gasteiger partial charge in [-0.2, -0.15) is 5.10 Å². The molecule has 12 nitrogen and oxygen atoms in total. The van der Waals surface area contributed by atoms with Crippen molar-refractivity contribution in [3.63, 3.8) is 0 Å². The molecule has 2 unspecified atom stereocenters. The van der Waals surface area contributed by atoms with Crippen molar-refractivity contribution in [1.29, 1.82) is 0 Å². The third kappa shape index (κ3) is 5.29. The first-order chi connectivity index (χ1) is 12.8. The van der Waals surface area contributed by atoms with Crippen LogP contribution in [-0.2, 0) is 11.3 Å². The van der Waals surface area contributed by atoms with Crippen molar-refractivity contribution in [2.45, 2.75) is 25.1 Å². The van der Waals surface area contributed by atoms with Gasteiger partial charge in [-0.15, -0.1) is 0 Å². The molecule has 144 valence electrons. The number of rotatable bonds is 9. The van der Waals surface area contributed by atoms with Crippen LogP contribution in [0.3, 0.4) is 0 Å². The minimum Gasteiger partial charge on any atom is -0.394 e. The molecule has 0 bridgehead atoms. The monoisotopic (exact) mass is 379 g/mol. The number of hydrogen-bond acceptors (Lipinski definition) is 8. The van der Waals surface area contributed by atoms with Crippen LogP contribution in [0.15, 0.2) is 36.7 Å². The van der Waals surface area contributed by atoms with Gasteiger partial charge in [0.05, 0.1) is 22.5 Å². The number of carbonyl (C=O) groups is 1. The van der Waals surface area contributed by atoms with Gasteiger partial charge < -0.3 is 15.5 Å². The average Bonchev–Trinajstić information content (AvgIpc) is 3.13.